The molecule has 1 amide bonds. The molecule has 1 aliphatic rings. The van der Waals surface area contributed by atoms with Gasteiger partial charge >= 0.3 is 5.69 Å². The van der Waals surface area contributed by atoms with Crippen molar-refractivity contribution >= 4 is 20.1 Å². The topological polar surface area (TPSA) is 143 Å². The zero-order chi connectivity index (χ0) is 39.7. The summed E-state index contributed by atoms with van der Waals surface area (Å²) < 4.78 is 54.5. The van der Waals surface area contributed by atoms with Crippen LogP contribution in [-0.4, -0.2) is 67.4 Å². The van der Waals surface area contributed by atoms with Crippen molar-refractivity contribution in [3.05, 3.63) is 154 Å². The second-order valence-electron chi connectivity index (χ2n) is 12.8. The van der Waals surface area contributed by atoms with Crippen molar-refractivity contribution in [2.24, 2.45) is 0 Å². The van der Waals surface area contributed by atoms with E-state index in [1.807, 2.05) is 84.9 Å². The SMILES string of the molecule is COc1ccc(C(O[C@@H](C)C2O[C@@H](n3ccc(NC(=O)c4ccccc4)nc3=O)[C@H](F)[C@@H]2OP(C)OCCC#N)(c2ccccc2)c2ccc(OC)cc2)cc1. The Bertz CT molecular complexity index is 2110. The van der Waals surface area contributed by atoms with Gasteiger partial charge in [-0.15, -0.1) is 0 Å². The number of nitrogens with one attached hydrogen (secondary N) is 1. The van der Waals surface area contributed by atoms with Gasteiger partial charge in [-0.2, -0.15) is 10.2 Å². The molecule has 0 aliphatic carbocycles. The quantitative estimate of drug-likeness (QED) is 0.0611. The Morgan fingerprint density at radius 3 is 2.05 bits per heavy atom. The van der Waals surface area contributed by atoms with Gasteiger partial charge in [0.15, 0.2) is 20.8 Å². The Hall–Kier alpha value is -5.48. The molecule has 2 unspecified atom stereocenters. The Kier molecular flexibility index (Phi) is 13.2. The fourth-order valence-corrected chi connectivity index (χ4v) is 7.61. The summed E-state index contributed by atoms with van der Waals surface area (Å²) in [5.41, 5.74) is 0.511. The summed E-state index contributed by atoms with van der Waals surface area (Å²) in [6.45, 7) is 3.52. The minimum absolute atomic E-state index is 0.0100. The summed E-state index contributed by atoms with van der Waals surface area (Å²) in [4.78, 5) is 30.2. The first kappa shape index (κ1) is 40.2. The van der Waals surface area contributed by atoms with Gasteiger partial charge in [0.05, 0.1) is 39.4 Å². The molecule has 290 valence electrons. The lowest BCUT2D eigenvalue weighted by molar-refractivity contribution is -0.135. The number of alkyl halides is 1. The smallest absolute Gasteiger partial charge is 0.351 e. The number of anilines is 1. The second-order valence-corrected chi connectivity index (χ2v) is 14.2. The molecule has 56 heavy (non-hydrogen) atoms. The van der Waals surface area contributed by atoms with Gasteiger partial charge < -0.3 is 33.3 Å². The molecule has 0 spiro atoms. The number of methoxy groups -OCH3 is 2. The van der Waals surface area contributed by atoms with Crippen LogP contribution in [0.4, 0.5) is 10.2 Å². The fraction of sp³-hybridized carbons (Fsp3) is 0.286. The van der Waals surface area contributed by atoms with E-state index in [0.29, 0.717) is 17.1 Å². The molecular weight excluding hydrogens is 738 g/mol. The maximum absolute atomic E-state index is 16.9. The van der Waals surface area contributed by atoms with Gasteiger partial charge in [-0.3, -0.25) is 9.36 Å². The molecule has 12 nitrogen and oxygen atoms in total. The second kappa shape index (κ2) is 18.4. The number of aromatic nitrogens is 2. The van der Waals surface area contributed by atoms with Crippen molar-refractivity contribution in [3.63, 3.8) is 0 Å². The number of hydrogen-bond acceptors (Lipinski definition) is 10. The molecule has 1 aliphatic heterocycles. The first-order valence-electron chi connectivity index (χ1n) is 17.9. The first-order valence-corrected chi connectivity index (χ1v) is 19.5. The molecule has 4 aromatic carbocycles. The largest absolute Gasteiger partial charge is 0.497 e. The molecule has 1 saturated heterocycles. The van der Waals surface area contributed by atoms with Gasteiger partial charge in [-0.1, -0.05) is 72.8 Å². The van der Waals surface area contributed by atoms with Crippen LogP contribution in [0.15, 0.2) is 126 Å². The summed E-state index contributed by atoms with van der Waals surface area (Å²) in [5, 5.41) is 11.7. The van der Waals surface area contributed by atoms with Crippen LogP contribution in [0.3, 0.4) is 0 Å². The van der Waals surface area contributed by atoms with Gasteiger partial charge in [0.25, 0.3) is 5.91 Å². The summed E-state index contributed by atoms with van der Waals surface area (Å²) in [5.74, 6) is 0.820. The monoisotopic (exact) mass is 780 g/mol. The van der Waals surface area contributed by atoms with E-state index < -0.39 is 56.3 Å². The lowest BCUT2D eigenvalue weighted by Crippen LogP contribution is -2.44. The molecular formula is C42H42FN4O8P. The summed E-state index contributed by atoms with van der Waals surface area (Å²) >= 11 is 0. The van der Waals surface area contributed by atoms with E-state index in [9.17, 15) is 9.59 Å². The summed E-state index contributed by atoms with van der Waals surface area (Å²) in [6, 6.07) is 36.5. The van der Waals surface area contributed by atoms with Crippen LogP contribution in [0.5, 0.6) is 11.5 Å². The van der Waals surface area contributed by atoms with Crippen molar-refractivity contribution in [2.45, 2.75) is 49.7 Å². The fourth-order valence-electron chi connectivity index (χ4n) is 6.62. The van der Waals surface area contributed by atoms with Crippen molar-refractivity contribution in [1.29, 1.82) is 5.26 Å². The number of carbonyl (C=O) groups is 1. The van der Waals surface area contributed by atoms with Crippen molar-refractivity contribution in [2.75, 3.05) is 32.8 Å². The lowest BCUT2D eigenvalue weighted by Gasteiger charge is -2.40. The third-order valence-corrected chi connectivity index (χ3v) is 10.4. The molecule has 1 aromatic heterocycles. The predicted molar refractivity (Wildman–Crippen MR) is 208 cm³/mol. The Balaban J connectivity index is 1.38. The molecule has 0 saturated carbocycles. The van der Waals surface area contributed by atoms with Crippen molar-refractivity contribution < 1.29 is 37.2 Å². The lowest BCUT2D eigenvalue weighted by atomic mass is 9.79. The number of nitriles is 1. The van der Waals surface area contributed by atoms with Gasteiger partial charge in [-0.25, -0.2) is 9.18 Å². The van der Waals surface area contributed by atoms with Crippen LogP contribution >= 0.6 is 8.38 Å². The highest BCUT2D eigenvalue weighted by atomic mass is 31.2. The van der Waals surface area contributed by atoms with E-state index in [-0.39, 0.29) is 18.8 Å². The average molecular weight is 781 g/mol. The third kappa shape index (κ3) is 8.81. The van der Waals surface area contributed by atoms with Gasteiger partial charge in [0.2, 0.25) is 0 Å². The molecule has 5 aromatic rings. The van der Waals surface area contributed by atoms with Crippen LogP contribution < -0.4 is 20.5 Å². The molecule has 0 bridgehead atoms. The standard InChI is InChI=1S/C42H42FN4O8P/c1-28(54-42(30-14-9-6-10-15-30,31-16-20-33(50-2)21-17-31)32-18-22-34(51-3)23-19-32)37-38(55-56(4)52-27-11-25-44)36(43)40(53-37)47-26-24-35(46-41(47)49)45-39(48)29-12-7-5-8-13-29/h5-10,12-24,26,28,36-38,40H,11,27H2,1-4H3,(H,45,46,48,49)/t28-,36+,37?,38-,40+,56?/m0/s1. The molecule has 1 N–H and O–H groups in total. The average Bonchev–Trinajstić information content (AvgIpc) is 3.55. The molecule has 2 heterocycles. The maximum atomic E-state index is 16.9. The summed E-state index contributed by atoms with van der Waals surface area (Å²) in [6.07, 6.45) is -5.21. The van der Waals surface area contributed by atoms with Gasteiger partial charge in [-0.05, 0) is 66.1 Å². The molecule has 14 heteroatoms. The van der Waals surface area contributed by atoms with E-state index in [0.717, 1.165) is 21.3 Å². The van der Waals surface area contributed by atoms with E-state index in [4.69, 9.17) is 33.3 Å². The zero-order valence-corrected chi connectivity index (χ0v) is 32.2. The Morgan fingerprint density at radius 2 is 1.50 bits per heavy atom. The highest BCUT2D eigenvalue weighted by molar-refractivity contribution is 7.46. The number of benzene rings is 4. The van der Waals surface area contributed by atoms with E-state index in [2.05, 4.69) is 10.3 Å². The zero-order valence-electron chi connectivity index (χ0n) is 31.3. The van der Waals surface area contributed by atoms with E-state index in [1.54, 1.807) is 58.1 Å². The number of rotatable bonds is 16. The van der Waals surface area contributed by atoms with Crippen LogP contribution in [0.1, 0.15) is 46.6 Å². The third-order valence-electron chi connectivity index (χ3n) is 9.34. The Morgan fingerprint density at radius 1 is 0.929 bits per heavy atom. The number of hydrogen-bond donors (Lipinski definition) is 1. The summed E-state index contributed by atoms with van der Waals surface area (Å²) in [7, 11) is 1.48. The van der Waals surface area contributed by atoms with Crippen molar-refractivity contribution in [1.82, 2.24) is 9.55 Å². The maximum Gasteiger partial charge on any atom is 0.351 e. The van der Waals surface area contributed by atoms with Crippen LogP contribution in [-0.2, 0) is 24.1 Å². The normalized spacial score (nSPS) is 19.1. The first-order chi connectivity index (χ1) is 27.2. The highest BCUT2D eigenvalue weighted by Crippen LogP contribution is 2.47. The van der Waals surface area contributed by atoms with Crippen LogP contribution in [0.25, 0.3) is 0 Å². The van der Waals surface area contributed by atoms with Crippen LogP contribution in [0.2, 0.25) is 0 Å². The van der Waals surface area contributed by atoms with E-state index >= 15 is 4.39 Å². The number of carbonyl (C=O) groups excluding carboxylic acids is 1. The number of nitrogens with zero attached hydrogens (tertiary/aromatic N) is 3. The number of amides is 1. The van der Waals surface area contributed by atoms with Gasteiger partial charge in [0, 0.05) is 18.4 Å². The number of halogens is 1. The molecule has 0 radical (unpaired) electrons. The van der Waals surface area contributed by atoms with Crippen molar-refractivity contribution in [3.8, 4) is 17.6 Å². The predicted octanol–water partition coefficient (Wildman–Crippen LogP) is 7.40. The van der Waals surface area contributed by atoms with E-state index in [1.165, 1.54) is 12.3 Å². The minimum atomic E-state index is -1.90. The highest BCUT2D eigenvalue weighted by Gasteiger charge is 2.53. The molecule has 6 rings (SSSR count). The Labute approximate surface area is 325 Å². The molecule has 6 atom stereocenters. The number of ether oxygens (including phenoxy) is 4. The van der Waals surface area contributed by atoms with Crippen LogP contribution in [0, 0.1) is 11.3 Å². The minimum Gasteiger partial charge on any atom is -0.497 e. The van der Waals surface area contributed by atoms with Gasteiger partial charge in [0.1, 0.15) is 35.1 Å². The molecule has 1 fully saturated rings.